The normalized spacial score (nSPS) is 11.8. The standard InChI is InChI=1S/C20H27F3N4O2/c1-4-5-10-29-11-6-9-24-19(28)16-13-26-27(18(16)14(2)3)17-8-7-15(12-25-17)20(21,22)23/h7-8,12-14H,4-6,9-11H2,1-3H3,(H,24,28). The van der Waals surface area contributed by atoms with Crippen LogP contribution in [0.1, 0.15) is 67.6 Å². The lowest BCUT2D eigenvalue weighted by Gasteiger charge is -2.13. The third-order valence-corrected chi connectivity index (χ3v) is 4.28. The predicted octanol–water partition coefficient (Wildman–Crippen LogP) is 4.35. The molecule has 0 saturated heterocycles. The maximum absolute atomic E-state index is 12.7. The van der Waals surface area contributed by atoms with Gasteiger partial charge in [0.05, 0.1) is 23.0 Å². The maximum Gasteiger partial charge on any atom is 0.417 e. The van der Waals surface area contributed by atoms with Crippen molar-refractivity contribution in [3.8, 4) is 5.82 Å². The minimum Gasteiger partial charge on any atom is -0.381 e. The van der Waals surface area contributed by atoms with Crippen LogP contribution in [0.25, 0.3) is 5.82 Å². The van der Waals surface area contributed by atoms with Crippen LogP contribution in [0.4, 0.5) is 13.2 Å². The summed E-state index contributed by atoms with van der Waals surface area (Å²) in [6, 6.07) is 2.20. The van der Waals surface area contributed by atoms with Crippen LogP contribution in [0, 0.1) is 0 Å². The Labute approximate surface area is 168 Å². The molecule has 1 N–H and O–H groups in total. The zero-order valence-corrected chi connectivity index (χ0v) is 16.9. The van der Waals surface area contributed by atoms with Crippen molar-refractivity contribution >= 4 is 5.91 Å². The van der Waals surface area contributed by atoms with Crippen LogP contribution >= 0.6 is 0 Å². The second-order valence-corrected chi connectivity index (χ2v) is 6.99. The van der Waals surface area contributed by atoms with E-state index in [1.165, 1.54) is 16.9 Å². The molecule has 2 rings (SSSR count). The number of halogens is 3. The third kappa shape index (κ3) is 6.28. The van der Waals surface area contributed by atoms with Crippen molar-refractivity contribution < 1.29 is 22.7 Å². The van der Waals surface area contributed by atoms with E-state index in [0.29, 0.717) is 30.8 Å². The fourth-order valence-electron chi connectivity index (χ4n) is 2.77. The van der Waals surface area contributed by atoms with Gasteiger partial charge in [0.2, 0.25) is 0 Å². The van der Waals surface area contributed by atoms with Gasteiger partial charge in [0, 0.05) is 26.0 Å². The first-order valence-corrected chi connectivity index (χ1v) is 9.73. The fraction of sp³-hybridized carbons (Fsp3) is 0.550. The molecule has 0 unspecified atom stereocenters. The Bertz CT molecular complexity index is 786. The minimum atomic E-state index is -4.46. The largest absolute Gasteiger partial charge is 0.417 e. The first kappa shape index (κ1) is 22.9. The van der Waals surface area contributed by atoms with Crippen molar-refractivity contribution in [2.45, 2.75) is 52.1 Å². The molecule has 0 aromatic carbocycles. The molecule has 0 aliphatic rings. The van der Waals surface area contributed by atoms with Gasteiger partial charge in [-0.15, -0.1) is 0 Å². The van der Waals surface area contributed by atoms with Gasteiger partial charge in [0.1, 0.15) is 0 Å². The molecule has 0 fully saturated rings. The number of carbonyl (C=O) groups is 1. The summed E-state index contributed by atoms with van der Waals surface area (Å²) in [7, 11) is 0. The Morgan fingerprint density at radius 1 is 1.21 bits per heavy atom. The molecule has 0 aliphatic carbocycles. The van der Waals surface area contributed by atoms with Gasteiger partial charge in [0.25, 0.3) is 5.91 Å². The van der Waals surface area contributed by atoms with Crippen LogP contribution in [0.3, 0.4) is 0 Å². The van der Waals surface area contributed by atoms with Crippen LogP contribution in [-0.2, 0) is 10.9 Å². The number of hydrogen-bond acceptors (Lipinski definition) is 4. The van der Waals surface area contributed by atoms with E-state index >= 15 is 0 Å². The molecule has 160 valence electrons. The molecule has 1 amide bonds. The Balaban J connectivity index is 2.07. The molecule has 0 aliphatic heterocycles. The molecule has 0 spiro atoms. The number of pyridine rings is 1. The molecular formula is C20H27F3N4O2. The van der Waals surface area contributed by atoms with Gasteiger partial charge in [-0.3, -0.25) is 4.79 Å². The maximum atomic E-state index is 12.7. The quantitative estimate of drug-likeness (QED) is 0.589. The smallest absolute Gasteiger partial charge is 0.381 e. The summed E-state index contributed by atoms with van der Waals surface area (Å²) in [6.45, 7) is 7.62. The highest BCUT2D eigenvalue weighted by atomic mass is 19.4. The molecule has 0 bridgehead atoms. The number of ether oxygens (including phenoxy) is 1. The summed E-state index contributed by atoms with van der Waals surface area (Å²) in [5, 5.41) is 7.02. The summed E-state index contributed by atoms with van der Waals surface area (Å²) in [6.07, 6.45) is 0.512. The Kier molecular flexibility index (Phi) is 8.19. The van der Waals surface area contributed by atoms with Crippen LogP contribution in [0.15, 0.2) is 24.5 Å². The zero-order chi connectivity index (χ0) is 21.4. The van der Waals surface area contributed by atoms with E-state index in [1.807, 2.05) is 13.8 Å². The van der Waals surface area contributed by atoms with Crippen molar-refractivity contribution in [1.82, 2.24) is 20.1 Å². The lowest BCUT2D eigenvalue weighted by molar-refractivity contribution is -0.137. The lowest BCUT2D eigenvalue weighted by atomic mass is 10.1. The van der Waals surface area contributed by atoms with Crippen LogP contribution in [0.2, 0.25) is 0 Å². The van der Waals surface area contributed by atoms with E-state index in [9.17, 15) is 18.0 Å². The number of rotatable bonds is 10. The number of nitrogens with one attached hydrogen (secondary N) is 1. The summed E-state index contributed by atoms with van der Waals surface area (Å²) < 4.78 is 45.1. The molecule has 0 atom stereocenters. The predicted molar refractivity (Wildman–Crippen MR) is 103 cm³/mol. The number of alkyl halides is 3. The van der Waals surface area contributed by atoms with E-state index in [0.717, 1.165) is 31.7 Å². The Morgan fingerprint density at radius 2 is 1.93 bits per heavy atom. The van der Waals surface area contributed by atoms with Gasteiger partial charge in [-0.25, -0.2) is 9.67 Å². The molecule has 2 aromatic rings. The molecule has 0 radical (unpaired) electrons. The van der Waals surface area contributed by atoms with Crippen LogP contribution in [-0.4, -0.2) is 40.4 Å². The van der Waals surface area contributed by atoms with E-state index in [2.05, 4.69) is 22.3 Å². The molecule has 9 heteroatoms. The van der Waals surface area contributed by atoms with Crippen LogP contribution < -0.4 is 5.32 Å². The molecule has 6 nitrogen and oxygen atoms in total. The average Bonchev–Trinajstić information content (AvgIpc) is 3.12. The third-order valence-electron chi connectivity index (χ3n) is 4.28. The van der Waals surface area contributed by atoms with E-state index in [1.54, 1.807) is 0 Å². The van der Waals surface area contributed by atoms with E-state index < -0.39 is 11.7 Å². The first-order valence-electron chi connectivity index (χ1n) is 9.73. The highest BCUT2D eigenvalue weighted by Crippen LogP contribution is 2.29. The molecule has 0 saturated carbocycles. The highest BCUT2D eigenvalue weighted by molar-refractivity contribution is 5.95. The highest BCUT2D eigenvalue weighted by Gasteiger charge is 2.31. The molecule has 2 aromatic heterocycles. The van der Waals surface area contributed by atoms with E-state index in [4.69, 9.17) is 4.74 Å². The fourth-order valence-corrected chi connectivity index (χ4v) is 2.77. The minimum absolute atomic E-state index is 0.0836. The Hall–Kier alpha value is -2.42. The zero-order valence-electron chi connectivity index (χ0n) is 16.9. The summed E-state index contributed by atoms with van der Waals surface area (Å²) in [5.41, 5.74) is 0.140. The average molecular weight is 412 g/mol. The number of nitrogens with zero attached hydrogens (tertiary/aromatic N) is 3. The van der Waals surface area contributed by atoms with Gasteiger partial charge in [-0.1, -0.05) is 27.2 Å². The number of amides is 1. The van der Waals surface area contributed by atoms with E-state index in [-0.39, 0.29) is 17.6 Å². The monoisotopic (exact) mass is 412 g/mol. The van der Waals surface area contributed by atoms with Crippen molar-refractivity contribution in [3.63, 3.8) is 0 Å². The van der Waals surface area contributed by atoms with Crippen LogP contribution in [0.5, 0.6) is 0 Å². The number of carbonyl (C=O) groups excluding carboxylic acids is 1. The Morgan fingerprint density at radius 3 is 2.52 bits per heavy atom. The summed E-state index contributed by atoms with van der Waals surface area (Å²) >= 11 is 0. The number of aromatic nitrogens is 3. The number of hydrogen-bond donors (Lipinski definition) is 1. The van der Waals surface area contributed by atoms with Crippen molar-refractivity contribution in [3.05, 3.63) is 41.3 Å². The molecule has 2 heterocycles. The number of unbranched alkanes of at least 4 members (excludes halogenated alkanes) is 1. The summed E-state index contributed by atoms with van der Waals surface area (Å²) in [5.74, 6) is -0.134. The van der Waals surface area contributed by atoms with Crippen molar-refractivity contribution in [2.24, 2.45) is 0 Å². The summed E-state index contributed by atoms with van der Waals surface area (Å²) in [4.78, 5) is 16.4. The van der Waals surface area contributed by atoms with Gasteiger partial charge >= 0.3 is 6.18 Å². The van der Waals surface area contributed by atoms with Crippen molar-refractivity contribution in [1.29, 1.82) is 0 Å². The SMILES string of the molecule is CCCCOCCCNC(=O)c1cnn(-c2ccc(C(F)(F)F)cn2)c1C(C)C. The lowest BCUT2D eigenvalue weighted by Crippen LogP contribution is -2.26. The van der Waals surface area contributed by atoms with Gasteiger partial charge in [0.15, 0.2) is 5.82 Å². The second-order valence-electron chi connectivity index (χ2n) is 6.99. The van der Waals surface area contributed by atoms with Gasteiger partial charge in [-0.05, 0) is 30.9 Å². The molecular weight excluding hydrogens is 385 g/mol. The van der Waals surface area contributed by atoms with Gasteiger partial charge in [-0.2, -0.15) is 18.3 Å². The van der Waals surface area contributed by atoms with Gasteiger partial charge < -0.3 is 10.1 Å². The molecule has 29 heavy (non-hydrogen) atoms. The topological polar surface area (TPSA) is 69.0 Å². The van der Waals surface area contributed by atoms with Crippen molar-refractivity contribution in [2.75, 3.05) is 19.8 Å². The second kappa shape index (κ2) is 10.4. The first-order chi connectivity index (χ1) is 13.8.